The van der Waals surface area contributed by atoms with Crippen LogP contribution in [0.25, 0.3) is 0 Å². The van der Waals surface area contributed by atoms with Gasteiger partial charge in [0.15, 0.2) is 0 Å². The molecule has 0 fully saturated rings. The van der Waals surface area contributed by atoms with Gasteiger partial charge in [-0.15, -0.1) is 0 Å². The van der Waals surface area contributed by atoms with Crippen LogP contribution in [0, 0.1) is 0 Å². The van der Waals surface area contributed by atoms with Crippen LogP contribution in [0.3, 0.4) is 0 Å². The molecule has 2 heteroatoms. The molecule has 9 heavy (non-hydrogen) atoms. The number of rotatable bonds is 1. The molecular formula is C7H7BrSe. The fraction of sp³-hybridized carbons (Fsp3) is 0.143. The Kier molecular flexibility index (Phi) is 2.77. The molecule has 0 N–H and O–H groups in total. The van der Waals surface area contributed by atoms with Gasteiger partial charge in [0, 0.05) is 0 Å². The Morgan fingerprint density at radius 3 is 2.67 bits per heavy atom. The molecule has 0 atom stereocenters. The summed E-state index contributed by atoms with van der Waals surface area (Å²) in [6.45, 7) is 0. The van der Waals surface area contributed by atoms with Crippen LogP contribution in [0.1, 0.15) is 0 Å². The van der Waals surface area contributed by atoms with E-state index in [2.05, 4.69) is 46.0 Å². The van der Waals surface area contributed by atoms with Crippen molar-refractivity contribution in [2.24, 2.45) is 0 Å². The maximum atomic E-state index is 3.41. The number of hydrogen-bond donors (Lipinski definition) is 0. The summed E-state index contributed by atoms with van der Waals surface area (Å²) in [5.41, 5.74) is 0. The molecule has 48 valence electrons. The molecule has 0 nitrogen and oxygen atoms in total. The van der Waals surface area contributed by atoms with Crippen molar-refractivity contribution in [3.8, 4) is 0 Å². The summed E-state index contributed by atoms with van der Waals surface area (Å²) in [6.07, 6.45) is 0. The van der Waals surface area contributed by atoms with E-state index in [1.807, 2.05) is 0 Å². The van der Waals surface area contributed by atoms with Gasteiger partial charge in [0.05, 0.1) is 0 Å². The van der Waals surface area contributed by atoms with E-state index in [0.29, 0.717) is 15.0 Å². The van der Waals surface area contributed by atoms with Gasteiger partial charge < -0.3 is 0 Å². The van der Waals surface area contributed by atoms with E-state index >= 15 is 0 Å². The van der Waals surface area contributed by atoms with Crippen molar-refractivity contribution in [2.75, 3.05) is 0 Å². The summed E-state index contributed by atoms with van der Waals surface area (Å²) in [6, 6.07) is 8.45. The van der Waals surface area contributed by atoms with Gasteiger partial charge >= 0.3 is 69.9 Å². The van der Waals surface area contributed by atoms with E-state index < -0.39 is 0 Å². The molecule has 0 aliphatic rings. The Bertz CT molecular complexity index is 198. The van der Waals surface area contributed by atoms with Crippen molar-refractivity contribution >= 4 is 35.3 Å². The zero-order valence-corrected chi connectivity index (χ0v) is 8.39. The summed E-state index contributed by atoms with van der Waals surface area (Å²) in [5, 5.41) is 0. The Morgan fingerprint density at radius 2 is 2.22 bits per heavy atom. The molecule has 0 saturated heterocycles. The van der Waals surface area contributed by atoms with Crippen LogP contribution in [0.2, 0.25) is 5.82 Å². The van der Waals surface area contributed by atoms with E-state index in [1.54, 1.807) is 0 Å². The van der Waals surface area contributed by atoms with E-state index in [0.717, 1.165) is 0 Å². The second kappa shape index (κ2) is 3.40. The van der Waals surface area contributed by atoms with Gasteiger partial charge in [0.2, 0.25) is 0 Å². The molecule has 1 rings (SSSR count). The van der Waals surface area contributed by atoms with Gasteiger partial charge in [-0.2, -0.15) is 0 Å². The second-order valence-corrected chi connectivity index (χ2v) is 4.42. The van der Waals surface area contributed by atoms with Crippen molar-refractivity contribution in [1.29, 1.82) is 0 Å². The summed E-state index contributed by atoms with van der Waals surface area (Å²) in [7, 11) is 0. The first-order valence-corrected chi connectivity index (χ1v) is 5.99. The molecule has 0 aliphatic heterocycles. The van der Waals surface area contributed by atoms with Crippen LogP contribution in [-0.2, 0) is 0 Å². The molecule has 0 saturated carbocycles. The summed E-state index contributed by atoms with van der Waals surface area (Å²) >= 11 is 4.04. The molecule has 0 aliphatic carbocycles. The van der Waals surface area contributed by atoms with Gasteiger partial charge in [-0.1, -0.05) is 0 Å². The first-order valence-electron chi connectivity index (χ1n) is 2.62. The Morgan fingerprint density at radius 1 is 1.44 bits per heavy atom. The summed E-state index contributed by atoms with van der Waals surface area (Å²) < 4.78 is 2.63. The summed E-state index contributed by atoms with van der Waals surface area (Å²) in [4.78, 5) is 0. The molecule has 0 amide bonds. The van der Waals surface area contributed by atoms with Gasteiger partial charge in [-0.3, -0.25) is 0 Å². The monoisotopic (exact) mass is 250 g/mol. The predicted octanol–water partition coefficient (Wildman–Crippen LogP) is 1.83. The number of halogens is 1. The van der Waals surface area contributed by atoms with Crippen LogP contribution in [0.4, 0.5) is 0 Å². The molecule has 0 heterocycles. The average Bonchev–Trinajstić information content (AvgIpc) is 1.88. The van der Waals surface area contributed by atoms with E-state index in [4.69, 9.17) is 0 Å². The zero-order chi connectivity index (χ0) is 6.69. The SMILES string of the molecule is C[Se]c1cccc(Br)c1. The quantitative estimate of drug-likeness (QED) is 0.667. The third-order valence-corrected chi connectivity index (χ3v) is 3.05. The normalized spacial score (nSPS) is 9.56. The molecule has 0 bridgehead atoms. The van der Waals surface area contributed by atoms with Crippen molar-refractivity contribution < 1.29 is 0 Å². The molecule has 1 aromatic rings. The van der Waals surface area contributed by atoms with Crippen LogP contribution < -0.4 is 4.46 Å². The van der Waals surface area contributed by atoms with E-state index in [-0.39, 0.29) is 0 Å². The predicted molar refractivity (Wildman–Crippen MR) is 45.4 cm³/mol. The first-order chi connectivity index (χ1) is 4.33. The molecule has 1 aromatic carbocycles. The van der Waals surface area contributed by atoms with E-state index in [1.165, 1.54) is 8.93 Å². The average molecular weight is 250 g/mol. The number of benzene rings is 1. The molecule has 0 aromatic heterocycles. The van der Waals surface area contributed by atoms with Crippen molar-refractivity contribution in [3.05, 3.63) is 28.7 Å². The van der Waals surface area contributed by atoms with Gasteiger partial charge in [0.1, 0.15) is 0 Å². The minimum atomic E-state index is 0.629. The van der Waals surface area contributed by atoms with Crippen LogP contribution in [-0.4, -0.2) is 15.0 Å². The summed E-state index contributed by atoms with van der Waals surface area (Å²) in [5.74, 6) is 2.22. The zero-order valence-electron chi connectivity index (χ0n) is 5.10. The van der Waals surface area contributed by atoms with Gasteiger partial charge in [-0.05, 0) is 0 Å². The third kappa shape index (κ3) is 2.13. The van der Waals surface area contributed by atoms with Gasteiger partial charge in [0.25, 0.3) is 0 Å². The molecule has 0 spiro atoms. The van der Waals surface area contributed by atoms with Crippen molar-refractivity contribution in [1.82, 2.24) is 0 Å². The molecule has 0 radical (unpaired) electrons. The van der Waals surface area contributed by atoms with Crippen LogP contribution >= 0.6 is 15.9 Å². The number of hydrogen-bond acceptors (Lipinski definition) is 0. The van der Waals surface area contributed by atoms with Crippen molar-refractivity contribution in [3.63, 3.8) is 0 Å². The van der Waals surface area contributed by atoms with Crippen LogP contribution in [0.5, 0.6) is 0 Å². The minimum absolute atomic E-state index is 0.629. The van der Waals surface area contributed by atoms with Crippen LogP contribution in [0.15, 0.2) is 28.7 Å². The molecular weight excluding hydrogens is 243 g/mol. The third-order valence-electron chi connectivity index (χ3n) is 1.03. The maximum absolute atomic E-state index is 3.41. The topological polar surface area (TPSA) is 0 Å². The Labute approximate surface area is 69.9 Å². The van der Waals surface area contributed by atoms with Crippen molar-refractivity contribution in [2.45, 2.75) is 5.82 Å². The first kappa shape index (κ1) is 7.33. The Balaban J connectivity index is 2.94. The molecule has 0 unspecified atom stereocenters. The Hall–Kier alpha value is 0.219. The standard InChI is InChI=1S/C7H7BrSe/c1-9-7-4-2-3-6(8)5-7/h2-5H,1H3. The van der Waals surface area contributed by atoms with E-state index in [9.17, 15) is 0 Å². The second-order valence-electron chi connectivity index (χ2n) is 1.66. The fourth-order valence-corrected chi connectivity index (χ4v) is 2.30. The fourth-order valence-electron chi connectivity index (χ4n) is 0.594. The van der Waals surface area contributed by atoms with Gasteiger partial charge in [-0.25, -0.2) is 0 Å².